The third kappa shape index (κ3) is 6.15. The second-order valence-corrected chi connectivity index (χ2v) is 8.05. The van der Waals surface area contributed by atoms with E-state index in [9.17, 15) is 9.59 Å². The number of carbonyl (C=O) groups excluding carboxylic acids is 2. The molecule has 0 atom stereocenters. The average Bonchev–Trinajstić information content (AvgIpc) is 2.88. The van der Waals surface area contributed by atoms with Crippen LogP contribution in [0.2, 0.25) is 0 Å². The minimum Gasteiger partial charge on any atom is -0.490 e. The predicted molar refractivity (Wildman–Crippen MR) is 140 cm³/mol. The zero-order valence-corrected chi connectivity index (χ0v) is 19.8. The maximum atomic E-state index is 12.7. The molecule has 5 heteroatoms. The second-order valence-electron chi connectivity index (χ2n) is 8.05. The van der Waals surface area contributed by atoms with Gasteiger partial charge >= 0.3 is 0 Å². The van der Waals surface area contributed by atoms with Gasteiger partial charge in [0.25, 0.3) is 5.91 Å². The smallest absolute Gasteiger partial charge is 0.262 e. The molecule has 4 aromatic carbocycles. The van der Waals surface area contributed by atoms with Crippen molar-refractivity contribution in [3.63, 3.8) is 0 Å². The van der Waals surface area contributed by atoms with Gasteiger partial charge in [0.15, 0.2) is 23.9 Å². The van der Waals surface area contributed by atoms with Gasteiger partial charge in [-0.25, -0.2) is 0 Å². The lowest BCUT2D eigenvalue weighted by molar-refractivity contribution is -0.118. The number of allylic oxidation sites excluding steroid dienone is 1. The van der Waals surface area contributed by atoms with Gasteiger partial charge in [0.1, 0.15) is 0 Å². The Bertz CT molecular complexity index is 1390. The molecule has 1 amide bonds. The zero-order chi connectivity index (χ0) is 24.6. The Morgan fingerprint density at radius 3 is 2.40 bits per heavy atom. The molecule has 0 heterocycles. The molecule has 176 valence electrons. The SMILES string of the molecule is CCOc1cc(/C=C/C(=O)c2ccc3ccccc3c2)ccc1OCC(=O)Nc1ccccc1C. The number of ether oxygens (including phenoxy) is 2. The van der Waals surface area contributed by atoms with Gasteiger partial charge < -0.3 is 14.8 Å². The molecule has 0 aromatic heterocycles. The Labute approximate surface area is 205 Å². The van der Waals surface area contributed by atoms with Gasteiger partial charge in [-0.2, -0.15) is 0 Å². The first kappa shape index (κ1) is 23.8. The molecule has 0 fully saturated rings. The quantitative estimate of drug-likeness (QED) is 0.228. The van der Waals surface area contributed by atoms with Gasteiger partial charge in [0.05, 0.1) is 6.61 Å². The Kier molecular flexibility index (Phi) is 7.58. The summed E-state index contributed by atoms with van der Waals surface area (Å²) in [5.74, 6) is 0.634. The number of anilines is 1. The van der Waals surface area contributed by atoms with Crippen molar-refractivity contribution in [3.8, 4) is 11.5 Å². The van der Waals surface area contributed by atoms with E-state index in [2.05, 4.69) is 5.32 Å². The highest BCUT2D eigenvalue weighted by Crippen LogP contribution is 2.29. The largest absolute Gasteiger partial charge is 0.490 e. The molecule has 5 nitrogen and oxygen atoms in total. The van der Waals surface area contributed by atoms with Crippen LogP contribution in [-0.4, -0.2) is 24.9 Å². The molecule has 0 saturated carbocycles. The van der Waals surface area contributed by atoms with Crippen molar-refractivity contribution in [2.45, 2.75) is 13.8 Å². The molecule has 0 spiro atoms. The summed E-state index contributed by atoms with van der Waals surface area (Å²) in [6.07, 6.45) is 3.29. The van der Waals surface area contributed by atoms with Gasteiger partial charge in [-0.1, -0.05) is 66.7 Å². The maximum absolute atomic E-state index is 12.7. The molecule has 0 unspecified atom stereocenters. The molecule has 0 aliphatic carbocycles. The fraction of sp³-hybridized carbons (Fsp3) is 0.133. The fourth-order valence-corrected chi connectivity index (χ4v) is 3.67. The number of hydrogen-bond acceptors (Lipinski definition) is 4. The van der Waals surface area contributed by atoms with E-state index in [1.807, 2.05) is 86.6 Å². The van der Waals surface area contributed by atoms with Crippen LogP contribution in [0.3, 0.4) is 0 Å². The van der Waals surface area contributed by atoms with Crippen LogP contribution in [0.25, 0.3) is 16.8 Å². The highest BCUT2D eigenvalue weighted by atomic mass is 16.5. The molecule has 0 saturated heterocycles. The van der Waals surface area contributed by atoms with Crippen molar-refractivity contribution >= 4 is 34.2 Å². The summed E-state index contributed by atoms with van der Waals surface area (Å²) in [5.41, 5.74) is 3.15. The highest BCUT2D eigenvalue weighted by molar-refractivity contribution is 6.08. The van der Waals surface area contributed by atoms with Crippen molar-refractivity contribution in [2.75, 3.05) is 18.5 Å². The minimum atomic E-state index is -0.258. The number of nitrogens with one attached hydrogen (secondary N) is 1. The number of ketones is 1. The molecule has 0 aliphatic rings. The lowest BCUT2D eigenvalue weighted by atomic mass is 10.0. The topological polar surface area (TPSA) is 64.6 Å². The molecule has 4 rings (SSSR count). The molecule has 0 aliphatic heterocycles. The van der Waals surface area contributed by atoms with Crippen LogP contribution in [-0.2, 0) is 4.79 Å². The van der Waals surface area contributed by atoms with Crippen LogP contribution in [0.5, 0.6) is 11.5 Å². The molecular formula is C30H27NO4. The summed E-state index contributed by atoms with van der Waals surface area (Å²) in [7, 11) is 0. The molecular weight excluding hydrogens is 438 g/mol. The summed E-state index contributed by atoms with van der Waals surface area (Å²) in [6, 6.07) is 26.5. The summed E-state index contributed by atoms with van der Waals surface area (Å²) in [5, 5.41) is 4.97. The Morgan fingerprint density at radius 1 is 0.829 bits per heavy atom. The number of benzene rings is 4. The van der Waals surface area contributed by atoms with E-state index in [0.29, 0.717) is 23.7 Å². The van der Waals surface area contributed by atoms with Crippen LogP contribution < -0.4 is 14.8 Å². The summed E-state index contributed by atoms with van der Waals surface area (Å²) < 4.78 is 11.4. The van der Waals surface area contributed by atoms with Gasteiger partial charge in [-0.3, -0.25) is 9.59 Å². The first-order valence-corrected chi connectivity index (χ1v) is 11.5. The van der Waals surface area contributed by atoms with Crippen molar-refractivity contribution < 1.29 is 19.1 Å². The lowest BCUT2D eigenvalue weighted by Gasteiger charge is -2.13. The van der Waals surface area contributed by atoms with Crippen LogP contribution in [0, 0.1) is 6.92 Å². The van der Waals surface area contributed by atoms with Crippen molar-refractivity contribution in [1.82, 2.24) is 0 Å². The van der Waals surface area contributed by atoms with Crippen molar-refractivity contribution in [3.05, 3.63) is 108 Å². The minimum absolute atomic E-state index is 0.0816. The number of carbonyl (C=O) groups is 2. The number of fused-ring (bicyclic) bond motifs is 1. The van der Waals surface area contributed by atoms with Gasteiger partial charge in [-0.05, 0) is 66.1 Å². The molecule has 0 radical (unpaired) electrons. The van der Waals surface area contributed by atoms with E-state index in [0.717, 1.165) is 27.6 Å². The van der Waals surface area contributed by atoms with Crippen molar-refractivity contribution in [2.24, 2.45) is 0 Å². The van der Waals surface area contributed by atoms with E-state index in [1.54, 1.807) is 24.3 Å². The second kappa shape index (κ2) is 11.2. The Hall–Kier alpha value is -4.38. The van der Waals surface area contributed by atoms with Crippen molar-refractivity contribution in [1.29, 1.82) is 0 Å². The summed E-state index contributed by atoms with van der Waals surface area (Å²) >= 11 is 0. The van der Waals surface area contributed by atoms with E-state index in [1.165, 1.54) is 0 Å². The zero-order valence-electron chi connectivity index (χ0n) is 19.8. The highest BCUT2D eigenvalue weighted by Gasteiger charge is 2.10. The molecule has 1 N–H and O–H groups in total. The van der Waals surface area contributed by atoms with Crippen LogP contribution >= 0.6 is 0 Å². The summed E-state index contributed by atoms with van der Waals surface area (Å²) in [6.45, 7) is 4.10. The maximum Gasteiger partial charge on any atom is 0.262 e. The predicted octanol–water partition coefficient (Wildman–Crippen LogP) is 6.46. The van der Waals surface area contributed by atoms with E-state index < -0.39 is 0 Å². The summed E-state index contributed by atoms with van der Waals surface area (Å²) in [4.78, 5) is 25.0. The van der Waals surface area contributed by atoms with Crippen LogP contribution in [0.1, 0.15) is 28.4 Å². The third-order valence-corrected chi connectivity index (χ3v) is 5.51. The van der Waals surface area contributed by atoms with Gasteiger partial charge in [0.2, 0.25) is 0 Å². The van der Waals surface area contributed by atoms with Crippen LogP contribution in [0.15, 0.2) is 91.0 Å². The Morgan fingerprint density at radius 2 is 1.60 bits per heavy atom. The Balaban J connectivity index is 1.43. The monoisotopic (exact) mass is 465 g/mol. The van der Waals surface area contributed by atoms with E-state index in [4.69, 9.17) is 9.47 Å². The fourth-order valence-electron chi connectivity index (χ4n) is 3.67. The lowest BCUT2D eigenvalue weighted by Crippen LogP contribution is -2.20. The normalized spacial score (nSPS) is 10.9. The number of aryl methyl sites for hydroxylation is 1. The van der Waals surface area contributed by atoms with E-state index in [-0.39, 0.29) is 18.3 Å². The molecule has 4 aromatic rings. The van der Waals surface area contributed by atoms with Gasteiger partial charge in [-0.15, -0.1) is 0 Å². The number of rotatable bonds is 9. The molecule has 0 bridgehead atoms. The molecule has 35 heavy (non-hydrogen) atoms. The first-order chi connectivity index (χ1) is 17.0. The number of amides is 1. The standard InChI is InChI=1S/C30H27NO4/c1-3-34-29-18-22(12-16-27(32)25-15-14-23-9-5-6-10-24(23)19-25)13-17-28(29)35-20-30(33)31-26-11-7-4-8-21(26)2/h4-19H,3,20H2,1-2H3,(H,31,33)/b16-12+. The number of hydrogen-bond donors (Lipinski definition) is 1. The van der Waals surface area contributed by atoms with Crippen LogP contribution in [0.4, 0.5) is 5.69 Å². The van der Waals surface area contributed by atoms with Gasteiger partial charge in [0, 0.05) is 11.3 Å². The van der Waals surface area contributed by atoms with E-state index >= 15 is 0 Å². The third-order valence-electron chi connectivity index (χ3n) is 5.51. The number of para-hydroxylation sites is 1. The first-order valence-electron chi connectivity index (χ1n) is 11.5. The average molecular weight is 466 g/mol.